The van der Waals surface area contributed by atoms with Crippen molar-refractivity contribution in [3.05, 3.63) is 51.4 Å². The van der Waals surface area contributed by atoms with Gasteiger partial charge in [0.05, 0.1) is 5.39 Å². The van der Waals surface area contributed by atoms with E-state index in [9.17, 15) is 4.79 Å². The van der Waals surface area contributed by atoms with E-state index in [0.29, 0.717) is 5.39 Å². The third kappa shape index (κ3) is 3.45. The predicted octanol–water partition coefficient (Wildman–Crippen LogP) is 2.15. The molecule has 1 unspecified atom stereocenters. The number of thiophene rings is 1. The van der Waals surface area contributed by atoms with Crippen LogP contribution < -0.4 is 10.5 Å². The van der Waals surface area contributed by atoms with Gasteiger partial charge in [-0.3, -0.25) is 4.79 Å². The number of rotatable bonds is 3. The number of aryl methyl sites for hydroxylation is 1. The minimum atomic E-state index is -0.0458. The number of aromatic nitrogens is 2. The minimum absolute atomic E-state index is 0.0458. The maximum atomic E-state index is 12.8. The molecule has 3 atom stereocenters. The molecule has 3 aromatic rings. The molecule has 1 fully saturated rings. The number of morpholine rings is 1. The third-order valence-electron chi connectivity index (χ3n) is 4.89. The first-order valence-electron chi connectivity index (χ1n) is 9.06. The highest BCUT2D eigenvalue weighted by molar-refractivity contribution is 7.17. The van der Waals surface area contributed by atoms with Crippen LogP contribution in [0.4, 0.5) is 0 Å². The normalized spacial score (nSPS) is 23.4. The molecule has 4 rings (SSSR count). The topological polar surface area (TPSA) is 59.4 Å². The number of hydrogen-bond acceptors (Lipinski definition) is 4. The highest BCUT2D eigenvalue weighted by atomic mass is 32.1. The van der Waals surface area contributed by atoms with Crippen molar-refractivity contribution in [1.29, 1.82) is 0 Å². The Morgan fingerprint density at radius 1 is 1.23 bits per heavy atom. The van der Waals surface area contributed by atoms with Crippen LogP contribution >= 0.6 is 11.3 Å². The number of nitrogens with one attached hydrogen (secondary N) is 2. The second-order valence-corrected chi connectivity index (χ2v) is 8.16. The summed E-state index contributed by atoms with van der Waals surface area (Å²) in [7, 11) is 0. The fourth-order valence-corrected chi connectivity index (χ4v) is 4.76. The third-order valence-corrected chi connectivity index (χ3v) is 5.76. The summed E-state index contributed by atoms with van der Waals surface area (Å²) in [6.07, 6.45) is 0.471. The summed E-state index contributed by atoms with van der Waals surface area (Å²) < 4.78 is 5.80. The fraction of sp³-hybridized carbons (Fsp3) is 0.400. The zero-order valence-corrected chi connectivity index (χ0v) is 16.2. The van der Waals surface area contributed by atoms with E-state index in [2.05, 4.69) is 50.0 Å². The van der Waals surface area contributed by atoms with Gasteiger partial charge in [0, 0.05) is 10.9 Å². The number of H-pyrrole nitrogens is 1. The molecule has 1 aromatic carbocycles. The Labute approximate surface area is 156 Å². The SMILES string of the molecule is Cc1ccc(-c2csc3nc(C[NH+]4C[C@@H](C)O[C@@H](C)C4)[nH]c(=O)c23)cc1. The first-order valence-corrected chi connectivity index (χ1v) is 9.94. The number of nitrogens with zero attached hydrogens (tertiary/aromatic N) is 1. The van der Waals surface area contributed by atoms with Crippen LogP contribution in [0.25, 0.3) is 21.3 Å². The molecular weight excluding hydrogens is 346 g/mol. The molecule has 2 N–H and O–H groups in total. The Kier molecular flexibility index (Phi) is 4.65. The molecule has 6 heteroatoms. The first kappa shape index (κ1) is 17.4. The first-order chi connectivity index (χ1) is 12.5. The lowest BCUT2D eigenvalue weighted by Gasteiger charge is -2.32. The Morgan fingerprint density at radius 3 is 2.62 bits per heavy atom. The lowest BCUT2D eigenvalue weighted by molar-refractivity contribution is -0.928. The quantitative estimate of drug-likeness (QED) is 0.743. The number of fused-ring (bicyclic) bond motifs is 1. The van der Waals surface area contributed by atoms with Gasteiger partial charge in [0.25, 0.3) is 5.56 Å². The Morgan fingerprint density at radius 2 is 1.92 bits per heavy atom. The van der Waals surface area contributed by atoms with E-state index in [1.165, 1.54) is 21.8 Å². The largest absolute Gasteiger partial charge is 0.364 e. The molecular formula is C20H24N3O2S+. The van der Waals surface area contributed by atoms with Gasteiger partial charge in [-0.2, -0.15) is 0 Å². The van der Waals surface area contributed by atoms with E-state index >= 15 is 0 Å². The standard InChI is InChI=1S/C20H23N3O2S/c1-12-4-6-15(7-5-12)16-11-26-20-18(16)19(24)21-17(22-20)10-23-8-13(2)25-14(3)9-23/h4-7,11,13-14H,8-10H2,1-3H3,(H,21,22,24)/p+1/t13-,14+. The van der Waals surface area contributed by atoms with Crippen molar-refractivity contribution < 1.29 is 9.64 Å². The average molecular weight is 370 g/mol. The molecule has 1 aliphatic rings. The van der Waals surface area contributed by atoms with Crippen LogP contribution in [0.5, 0.6) is 0 Å². The van der Waals surface area contributed by atoms with Gasteiger partial charge in [-0.15, -0.1) is 11.3 Å². The van der Waals surface area contributed by atoms with Crippen LogP contribution in [-0.2, 0) is 11.3 Å². The van der Waals surface area contributed by atoms with E-state index < -0.39 is 0 Å². The van der Waals surface area contributed by atoms with E-state index in [4.69, 9.17) is 9.72 Å². The Balaban J connectivity index is 1.66. The monoisotopic (exact) mass is 370 g/mol. The molecule has 5 nitrogen and oxygen atoms in total. The van der Waals surface area contributed by atoms with Gasteiger partial charge >= 0.3 is 0 Å². The van der Waals surface area contributed by atoms with Gasteiger partial charge in [-0.25, -0.2) is 4.98 Å². The minimum Gasteiger partial charge on any atom is -0.364 e. The van der Waals surface area contributed by atoms with Gasteiger partial charge < -0.3 is 14.6 Å². The smallest absolute Gasteiger partial charge is 0.260 e. The molecule has 1 saturated heterocycles. The van der Waals surface area contributed by atoms with E-state index in [0.717, 1.165) is 41.4 Å². The summed E-state index contributed by atoms with van der Waals surface area (Å²) in [5.74, 6) is 0.760. The fourth-order valence-electron chi connectivity index (χ4n) is 3.79. The maximum Gasteiger partial charge on any atom is 0.260 e. The molecule has 0 amide bonds. The van der Waals surface area contributed by atoms with Gasteiger partial charge in [0.1, 0.15) is 36.7 Å². The van der Waals surface area contributed by atoms with E-state index in [1.807, 2.05) is 5.38 Å². The number of aromatic amines is 1. The average Bonchev–Trinajstić information content (AvgIpc) is 2.99. The van der Waals surface area contributed by atoms with Crippen molar-refractivity contribution in [1.82, 2.24) is 9.97 Å². The van der Waals surface area contributed by atoms with Crippen molar-refractivity contribution in [3.8, 4) is 11.1 Å². The maximum absolute atomic E-state index is 12.8. The zero-order chi connectivity index (χ0) is 18.3. The Bertz CT molecular complexity index is 967. The van der Waals surface area contributed by atoms with Crippen molar-refractivity contribution in [2.75, 3.05) is 13.1 Å². The molecule has 26 heavy (non-hydrogen) atoms. The number of ether oxygens (including phenoxy) is 1. The van der Waals surface area contributed by atoms with Gasteiger partial charge in [0.15, 0.2) is 5.82 Å². The van der Waals surface area contributed by atoms with E-state index in [-0.39, 0.29) is 17.8 Å². The second-order valence-electron chi connectivity index (χ2n) is 7.30. The highest BCUT2D eigenvalue weighted by Crippen LogP contribution is 2.30. The lowest BCUT2D eigenvalue weighted by atomic mass is 10.1. The van der Waals surface area contributed by atoms with Gasteiger partial charge in [-0.1, -0.05) is 29.8 Å². The van der Waals surface area contributed by atoms with Crippen molar-refractivity contribution in [2.24, 2.45) is 0 Å². The van der Waals surface area contributed by atoms with Crippen LogP contribution in [0.15, 0.2) is 34.4 Å². The molecule has 0 aliphatic carbocycles. The van der Waals surface area contributed by atoms with E-state index in [1.54, 1.807) is 0 Å². The van der Waals surface area contributed by atoms with Crippen LogP contribution in [0, 0.1) is 6.92 Å². The van der Waals surface area contributed by atoms with Crippen LogP contribution in [-0.4, -0.2) is 35.3 Å². The highest BCUT2D eigenvalue weighted by Gasteiger charge is 2.26. The summed E-state index contributed by atoms with van der Waals surface area (Å²) in [5.41, 5.74) is 3.18. The summed E-state index contributed by atoms with van der Waals surface area (Å²) in [5, 5.41) is 2.73. The number of quaternary nitrogens is 1. The van der Waals surface area contributed by atoms with Crippen molar-refractivity contribution >= 4 is 21.6 Å². The Hall–Kier alpha value is -2.02. The molecule has 136 valence electrons. The van der Waals surface area contributed by atoms with Gasteiger partial charge in [-0.05, 0) is 26.3 Å². The van der Waals surface area contributed by atoms with Gasteiger partial charge in [0.2, 0.25) is 0 Å². The summed E-state index contributed by atoms with van der Waals surface area (Å²) in [6, 6.07) is 8.26. The molecule has 1 aliphatic heterocycles. The molecule has 3 heterocycles. The van der Waals surface area contributed by atoms with Crippen molar-refractivity contribution in [3.63, 3.8) is 0 Å². The molecule has 0 saturated carbocycles. The lowest BCUT2D eigenvalue weighted by Crippen LogP contribution is -3.14. The summed E-state index contributed by atoms with van der Waals surface area (Å²) in [4.78, 5) is 22.7. The predicted molar refractivity (Wildman–Crippen MR) is 105 cm³/mol. The molecule has 2 aromatic heterocycles. The van der Waals surface area contributed by atoms with Crippen molar-refractivity contribution in [2.45, 2.75) is 39.5 Å². The second kappa shape index (κ2) is 6.95. The van der Waals surface area contributed by atoms with Crippen LogP contribution in [0.1, 0.15) is 25.2 Å². The van der Waals surface area contributed by atoms with Crippen LogP contribution in [0.2, 0.25) is 0 Å². The van der Waals surface area contributed by atoms with Crippen LogP contribution in [0.3, 0.4) is 0 Å². The molecule has 0 radical (unpaired) electrons. The summed E-state index contributed by atoms with van der Waals surface area (Å²) >= 11 is 1.54. The summed E-state index contributed by atoms with van der Waals surface area (Å²) in [6.45, 7) is 8.85. The molecule has 0 bridgehead atoms. The number of hydrogen-bond donors (Lipinski definition) is 2. The zero-order valence-electron chi connectivity index (χ0n) is 15.3. The number of benzene rings is 1. The molecule has 0 spiro atoms.